The third kappa shape index (κ3) is 0.733. The molecule has 0 aliphatic heterocycles. The second-order valence-electron chi connectivity index (χ2n) is 5.74. The van der Waals surface area contributed by atoms with Crippen LogP contribution >= 0.6 is 0 Å². The molecule has 0 aromatic carbocycles. The molecule has 0 amide bonds. The Hall–Kier alpha value is -0.530. The predicted octanol–water partition coefficient (Wildman–Crippen LogP) is 3.05. The second kappa shape index (κ2) is 2.10. The van der Waals surface area contributed by atoms with E-state index in [1.165, 1.54) is 12.8 Å². The zero-order chi connectivity index (χ0) is 9.91. The minimum Gasteiger partial charge on any atom is -0.411 e. The van der Waals surface area contributed by atoms with E-state index in [0.717, 1.165) is 12.1 Å². The largest absolute Gasteiger partial charge is 0.411 e. The molecule has 2 aliphatic carbocycles. The van der Waals surface area contributed by atoms with Gasteiger partial charge in [0.05, 0.1) is 5.71 Å². The van der Waals surface area contributed by atoms with E-state index in [9.17, 15) is 0 Å². The van der Waals surface area contributed by atoms with Crippen molar-refractivity contribution in [1.29, 1.82) is 0 Å². The van der Waals surface area contributed by atoms with Gasteiger partial charge in [0.15, 0.2) is 0 Å². The minimum atomic E-state index is 0.135. The summed E-state index contributed by atoms with van der Waals surface area (Å²) in [5.41, 5.74) is 1.78. The highest BCUT2D eigenvalue weighted by molar-refractivity contribution is 5.94. The van der Waals surface area contributed by atoms with Crippen molar-refractivity contribution in [2.45, 2.75) is 47.0 Å². The lowest BCUT2D eigenvalue weighted by atomic mass is 9.66. The first-order chi connectivity index (χ1) is 5.87. The van der Waals surface area contributed by atoms with Crippen molar-refractivity contribution in [3.63, 3.8) is 0 Å². The Balaban J connectivity index is 2.55. The van der Waals surface area contributed by atoms with Gasteiger partial charge in [-0.2, -0.15) is 0 Å². The Labute approximate surface area is 80.0 Å². The van der Waals surface area contributed by atoms with Gasteiger partial charge >= 0.3 is 0 Å². The summed E-state index contributed by atoms with van der Waals surface area (Å²) >= 11 is 0. The van der Waals surface area contributed by atoms with Crippen LogP contribution in [0.1, 0.15) is 47.0 Å². The first-order valence-electron chi connectivity index (χ1n) is 5.09. The van der Waals surface area contributed by atoms with Crippen LogP contribution in [-0.4, -0.2) is 10.9 Å². The van der Waals surface area contributed by atoms with Gasteiger partial charge in [-0.1, -0.05) is 32.9 Å². The Morgan fingerprint density at radius 1 is 1.15 bits per heavy atom. The van der Waals surface area contributed by atoms with E-state index < -0.39 is 0 Å². The van der Waals surface area contributed by atoms with Crippen molar-refractivity contribution >= 4 is 5.71 Å². The predicted molar refractivity (Wildman–Crippen MR) is 53.1 cm³/mol. The summed E-state index contributed by atoms with van der Waals surface area (Å²) < 4.78 is 0. The molecular formula is C11H19NO. The summed E-state index contributed by atoms with van der Waals surface area (Å²) in [7, 11) is 0. The summed E-state index contributed by atoms with van der Waals surface area (Å²) in [5.74, 6) is 0. The van der Waals surface area contributed by atoms with Gasteiger partial charge in [-0.3, -0.25) is 0 Å². The van der Waals surface area contributed by atoms with Crippen LogP contribution < -0.4 is 0 Å². The van der Waals surface area contributed by atoms with E-state index in [0.29, 0.717) is 5.41 Å². The molecule has 2 nitrogen and oxygen atoms in total. The highest BCUT2D eigenvalue weighted by Crippen LogP contribution is 2.70. The van der Waals surface area contributed by atoms with Crippen LogP contribution in [0.15, 0.2) is 5.16 Å². The fourth-order valence-electron chi connectivity index (χ4n) is 3.34. The third-order valence-electron chi connectivity index (χ3n) is 5.38. The maximum Gasteiger partial charge on any atom is 0.0640 e. The van der Waals surface area contributed by atoms with Gasteiger partial charge in [-0.05, 0) is 30.1 Å². The van der Waals surface area contributed by atoms with Crippen molar-refractivity contribution in [3.8, 4) is 0 Å². The molecule has 13 heavy (non-hydrogen) atoms. The van der Waals surface area contributed by atoms with Gasteiger partial charge < -0.3 is 5.21 Å². The van der Waals surface area contributed by atoms with Crippen LogP contribution in [-0.2, 0) is 0 Å². The summed E-state index contributed by atoms with van der Waals surface area (Å²) in [4.78, 5) is 0. The van der Waals surface area contributed by atoms with Crippen molar-refractivity contribution in [2.24, 2.45) is 21.4 Å². The van der Waals surface area contributed by atoms with Gasteiger partial charge in [0, 0.05) is 5.41 Å². The van der Waals surface area contributed by atoms with Crippen LogP contribution in [0.4, 0.5) is 0 Å². The van der Waals surface area contributed by atoms with Gasteiger partial charge in [0.2, 0.25) is 0 Å². The SMILES string of the molecule is CC1(C)[C@]2(C)CC[C@@]1(C)/C(=N/O)C2. The van der Waals surface area contributed by atoms with Crippen LogP contribution in [0.3, 0.4) is 0 Å². The van der Waals surface area contributed by atoms with Crippen LogP contribution in [0.2, 0.25) is 0 Å². The van der Waals surface area contributed by atoms with Crippen molar-refractivity contribution in [1.82, 2.24) is 0 Å². The first-order valence-corrected chi connectivity index (χ1v) is 5.09. The molecule has 0 aromatic rings. The molecule has 0 heterocycles. The molecule has 2 saturated carbocycles. The van der Waals surface area contributed by atoms with Gasteiger partial charge in [-0.15, -0.1) is 0 Å². The summed E-state index contributed by atoms with van der Waals surface area (Å²) in [6.45, 7) is 9.22. The topological polar surface area (TPSA) is 32.6 Å². The fraction of sp³-hybridized carbons (Fsp3) is 0.909. The third-order valence-corrected chi connectivity index (χ3v) is 5.38. The molecule has 2 bridgehead atoms. The standard InChI is InChI=1S/C11H19NO/c1-9(2)10(3)5-6-11(9,4)8(7-10)12-13/h13H,5-7H2,1-4H3/b12-8+/t10-,11+/m1/s1. The summed E-state index contributed by atoms with van der Waals surface area (Å²) in [6.07, 6.45) is 3.43. The Bertz CT molecular complexity index is 282. The molecule has 74 valence electrons. The quantitative estimate of drug-likeness (QED) is 0.452. The normalized spacial score (nSPS) is 50.3. The van der Waals surface area contributed by atoms with Crippen molar-refractivity contribution in [3.05, 3.63) is 0 Å². The Kier molecular flexibility index (Phi) is 1.46. The second-order valence-corrected chi connectivity index (χ2v) is 5.74. The lowest BCUT2D eigenvalue weighted by Gasteiger charge is -2.38. The van der Waals surface area contributed by atoms with E-state index in [2.05, 4.69) is 32.9 Å². The lowest BCUT2D eigenvalue weighted by molar-refractivity contribution is 0.111. The summed E-state index contributed by atoms with van der Waals surface area (Å²) in [6, 6.07) is 0. The molecular weight excluding hydrogens is 162 g/mol. The maximum atomic E-state index is 8.99. The molecule has 1 N–H and O–H groups in total. The monoisotopic (exact) mass is 181 g/mol. The molecule has 0 saturated heterocycles. The van der Waals surface area contributed by atoms with Crippen LogP contribution in [0.5, 0.6) is 0 Å². The number of oxime groups is 1. The minimum absolute atomic E-state index is 0.135. The van der Waals surface area contributed by atoms with E-state index in [1.807, 2.05) is 0 Å². The average molecular weight is 181 g/mol. The number of hydrogen-bond donors (Lipinski definition) is 1. The van der Waals surface area contributed by atoms with Crippen LogP contribution in [0, 0.1) is 16.2 Å². The molecule has 0 spiro atoms. The fourth-order valence-corrected chi connectivity index (χ4v) is 3.34. The summed E-state index contributed by atoms with van der Waals surface area (Å²) in [5, 5.41) is 12.5. The van der Waals surface area contributed by atoms with Gasteiger partial charge in [-0.25, -0.2) is 0 Å². The highest BCUT2D eigenvalue weighted by Gasteiger charge is 2.66. The maximum absolute atomic E-state index is 8.99. The van der Waals surface area contributed by atoms with Gasteiger partial charge in [0.1, 0.15) is 0 Å². The van der Waals surface area contributed by atoms with Crippen molar-refractivity contribution in [2.75, 3.05) is 0 Å². The molecule has 0 radical (unpaired) electrons. The smallest absolute Gasteiger partial charge is 0.0640 e. The highest BCUT2D eigenvalue weighted by atomic mass is 16.4. The average Bonchev–Trinajstić information content (AvgIpc) is 2.32. The Morgan fingerprint density at radius 2 is 1.77 bits per heavy atom. The molecule has 0 unspecified atom stereocenters. The molecule has 0 aromatic heterocycles. The Morgan fingerprint density at radius 3 is 2.00 bits per heavy atom. The van der Waals surface area contributed by atoms with Crippen LogP contribution in [0.25, 0.3) is 0 Å². The molecule has 2 rings (SSSR count). The molecule has 2 fully saturated rings. The van der Waals surface area contributed by atoms with E-state index >= 15 is 0 Å². The zero-order valence-corrected chi connectivity index (χ0v) is 9.02. The van der Waals surface area contributed by atoms with E-state index in [-0.39, 0.29) is 10.8 Å². The number of nitrogens with zero attached hydrogens (tertiary/aromatic N) is 1. The van der Waals surface area contributed by atoms with Gasteiger partial charge in [0.25, 0.3) is 0 Å². The molecule has 2 heteroatoms. The molecule has 2 atom stereocenters. The zero-order valence-electron chi connectivity index (χ0n) is 9.02. The van der Waals surface area contributed by atoms with Crippen molar-refractivity contribution < 1.29 is 5.21 Å². The number of rotatable bonds is 0. The van der Waals surface area contributed by atoms with E-state index in [1.54, 1.807) is 0 Å². The van der Waals surface area contributed by atoms with E-state index in [4.69, 9.17) is 5.21 Å². The molecule has 2 aliphatic rings. The number of fused-ring (bicyclic) bond motifs is 2. The number of hydrogen-bond acceptors (Lipinski definition) is 2. The first kappa shape index (κ1) is 9.04. The lowest BCUT2D eigenvalue weighted by Crippen LogP contribution is -2.34.